The molecule has 1 heterocycles. The number of benzene rings is 3. The Kier molecular flexibility index (Phi) is 9.65. The molecule has 0 aliphatic heterocycles. The number of aromatic carboxylic acids is 2. The minimum absolute atomic E-state index is 0.0209. The van der Waals surface area contributed by atoms with Crippen molar-refractivity contribution in [1.82, 2.24) is 0 Å². The number of anilines is 2. The Morgan fingerprint density at radius 1 is 0.911 bits per heavy atom. The van der Waals surface area contributed by atoms with Crippen LogP contribution in [0.5, 0.6) is 0 Å². The highest BCUT2D eigenvalue weighted by Gasteiger charge is 2.30. The summed E-state index contributed by atoms with van der Waals surface area (Å²) in [5.74, 6) is -3.92. The minimum atomic E-state index is -1.43. The molecule has 1 unspecified atom stereocenters. The number of fused-ring (bicyclic) bond motifs is 1. The third-order valence-electron chi connectivity index (χ3n) is 7.38. The predicted octanol–water partition coefficient (Wildman–Crippen LogP) is 6.19. The summed E-state index contributed by atoms with van der Waals surface area (Å²) in [6.07, 6.45) is 2.37. The molecule has 4 N–H and O–H groups in total. The van der Waals surface area contributed by atoms with Gasteiger partial charge in [-0.2, -0.15) is 0 Å². The van der Waals surface area contributed by atoms with Crippen LogP contribution in [-0.4, -0.2) is 52.8 Å². The molecule has 0 saturated carbocycles. The molecule has 1 atom stereocenters. The van der Waals surface area contributed by atoms with Gasteiger partial charge in [-0.1, -0.05) is 36.4 Å². The first-order valence-corrected chi connectivity index (χ1v) is 15.7. The fourth-order valence-electron chi connectivity index (χ4n) is 5.23. The van der Waals surface area contributed by atoms with E-state index in [2.05, 4.69) is 22.8 Å². The number of thioether (sulfide) groups is 1. The van der Waals surface area contributed by atoms with Crippen molar-refractivity contribution < 1.29 is 38.9 Å². The van der Waals surface area contributed by atoms with E-state index in [-0.39, 0.29) is 22.8 Å². The van der Waals surface area contributed by atoms with Gasteiger partial charge in [-0.25, -0.2) is 14.4 Å². The van der Waals surface area contributed by atoms with Crippen LogP contribution in [0.2, 0.25) is 0 Å². The summed E-state index contributed by atoms with van der Waals surface area (Å²) in [5.41, 5.74) is 2.05. The minimum Gasteiger partial charge on any atom is -0.478 e. The van der Waals surface area contributed by atoms with E-state index in [9.17, 15) is 29.1 Å². The first-order chi connectivity index (χ1) is 21.6. The van der Waals surface area contributed by atoms with Crippen LogP contribution in [0, 0.1) is 0 Å². The Morgan fingerprint density at radius 2 is 1.69 bits per heavy atom. The van der Waals surface area contributed by atoms with E-state index in [0.29, 0.717) is 33.5 Å². The summed E-state index contributed by atoms with van der Waals surface area (Å²) in [4.78, 5) is 63.2. The van der Waals surface area contributed by atoms with Gasteiger partial charge in [0.15, 0.2) is 0 Å². The van der Waals surface area contributed by atoms with Gasteiger partial charge in [-0.15, -0.1) is 23.1 Å². The van der Waals surface area contributed by atoms with Crippen LogP contribution < -0.4 is 10.6 Å². The highest BCUT2D eigenvalue weighted by Crippen LogP contribution is 2.43. The number of carboxylic acid groups (broad SMARTS) is 2. The van der Waals surface area contributed by atoms with E-state index in [0.717, 1.165) is 41.5 Å². The first kappa shape index (κ1) is 31.5. The lowest BCUT2D eigenvalue weighted by atomic mass is 9.83. The van der Waals surface area contributed by atoms with Gasteiger partial charge in [-0.05, 0) is 72.7 Å². The number of carbonyl (C=O) groups excluding carboxylic acids is 3. The van der Waals surface area contributed by atoms with Crippen molar-refractivity contribution in [3.63, 3.8) is 0 Å². The lowest BCUT2D eigenvalue weighted by Gasteiger charge is -2.22. The van der Waals surface area contributed by atoms with Crippen molar-refractivity contribution in [1.29, 1.82) is 0 Å². The van der Waals surface area contributed by atoms with Gasteiger partial charge in [0.2, 0.25) is 5.91 Å². The average molecular weight is 645 g/mol. The number of carbonyl (C=O) groups is 5. The second kappa shape index (κ2) is 13.8. The molecule has 0 saturated heterocycles. The summed E-state index contributed by atoms with van der Waals surface area (Å²) in [6, 6.07) is 20.1. The zero-order chi connectivity index (χ0) is 32.1. The molecule has 0 radical (unpaired) electrons. The Balaban J connectivity index is 1.25. The maximum absolute atomic E-state index is 13.0. The molecule has 0 spiro atoms. The van der Waals surface area contributed by atoms with Crippen LogP contribution in [-0.2, 0) is 22.4 Å². The highest BCUT2D eigenvalue weighted by atomic mass is 32.2. The second-order valence-corrected chi connectivity index (χ2v) is 12.4. The van der Waals surface area contributed by atoms with Crippen molar-refractivity contribution in [2.45, 2.75) is 30.1 Å². The molecule has 45 heavy (non-hydrogen) atoms. The largest absolute Gasteiger partial charge is 0.478 e. The number of methoxy groups -OCH3 is 1. The topological polar surface area (TPSA) is 159 Å². The van der Waals surface area contributed by atoms with Crippen LogP contribution in [0.25, 0.3) is 0 Å². The number of hydrogen-bond donors (Lipinski definition) is 4. The third kappa shape index (κ3) is 7.24. The number of carboxylic acids is 2. The number of nitrogens with one attached hydrogen (secondary N) is 2. The fourth-order valence-corrected chi connectivity index (χ4v) is 7.31. The molecular formula is C33H28N2O8S2. The van der Waals surface area contributed by atoms with Gasteiger partial charge in [0.05, 0.1) is 35.1 Å². The lowest BCUT2D eigenvalue weighted by Crippen LogP contribution is -2.17. The molecule has 2 amide bonds. The molecular weight excluding hydrogens is 617 g/mol. The van der Waals surface area contributed by atoms with Crippen LogP contribution in [0.1, 0.15) is 69.8 Å². The maximum Gasteiger partial charge on any atom is 0.341 e. The molecule has 1 aromatic heterocycles. The van der Waals surface area contributed by atoms with Crippen molar-refractivity contribution in [2.24, 2.45) is 0 Å². The Bertz CT molecular complexity index is 1800. The smallest absolute Gasteiger partial charge is 0.341 e. The number of amides is 2. The first-order valence-electron chi connectivity index (χ1n) is 13.9. The Hall–Kier alpha value is -4.94. The highest BCUT2D eigenvalue weighted by molar-refractivity contribution is 8.00. The summed E-state index contributed by atoms with van der Waals surface area (Å²) in [6.45, 7) is 0. The molecule has 10 nitrogen and oxygen atoms in total. The number of hydrogen-bond acceptors (Lipinski definition) is 8. The third-order valence-corrected chi connectivity index (χ3v) is 9.55. The monoisotopic (exact) mass is 644 g/mol. The molecule has 4 aromatic rings. The predicted molar refractivity (Wildman–Crippen MR) is 171 cm³/mol. The number of esters is 1. The van der Waals surface area contributed by atoms with Crippen molar-refractivity contribution in [2.75, 3.05) is 23.5 Å². The van der Waals surface area contributed by atoms with Crippen LogP contribution in [0.4, 0.5) is 10.7 Å². The Morgan fingerprint density at radius 3 is 2.40 bits per heavy atom. The van der Waals surface area contributed by atoms with E-state index in [1.165, 1.54) is 35.8 Å². The van der Waals surface area contributed by atoms with E-state index < -0.39 is 29.4 Å². The molecule has 0 fully saturated rings. The molecule has 12 heteroatoms. The van der Waals surface area contributed by atoms with Crippen LogP contribution in [0.3, 0.4) is 0 Å². The number of thiophene rings is 1. The van der Waals surface area contributed by atoms with Crippen LogP contribution in [0.15, 0.2) is 77.7 Å². The van der Waals surface area contributed by atoms with Crippen LogP contribution >= 0.6 is 23.1 Å². The summed E-state index contributed by atoms with van der Waals surface area (Å²) in [7, 11) is 1.32. The van der Waals surface area contributed by atoms with E-state index >= 15 is 0 Å². The van der Waals surface area contributed by atoms with Gasteiger partial charge in [0.25, 0.3) is 5.91 Å². The van der Waals surface area contributed by atoms with Gasteiger partial charge in [-0.3, -0.25) is 9.59 Å². The zero-order valence-electron chi connectivity index (χ0n) is 24.0. The number of ether oxygens (including phenoxy) is 1. The summed E-state index contributed by atoms with van der Waals surface area (Å²) < 4.78 is 5.06. The summed E-state index contributed by atoms with van der Waals surface area (Å²) in [5, 5.41) is 24.6. The van der Waals surface area contributed by atoms with Gasteiger partial charge in [0.1, 0.15) is 5.00 Å². The molecule has 3 aromatic carbocycles. The van der Waals surface area contributed by atoms with Crippen molar-refractivity contribution in [3.8, 4) is 0 Å². The lowest BCUT2D eigenvalue weighted by molar-refractivity contribution is -0.113. The van der Waals surface area contributed by atoms with Gasteiger partial charge < -0.3 is 25.6 Å². The van der Waals surface area contributed by atoms with E-state index in [1.807, 2.05) is 18.2 Å². The Labute approximate surface area is 266 Å². The van der Waals surface area contributed by atoms with Gasteiger partial charge >= 0.3 is 17.9 Å². The SMILES string of the molecule is COC(=O)c1c(NC(=O)CSc2cccc(NC(=O)c3ccc(C(=O)O)cc3C(=O)O)c2)sc2c1CCC(c1ccccc1)C2. The number of rotatable bonds is 10. The second-order valence-electron chi connectivity index (χ2n) is 10.2. The van der Waals surface area contributed by atoms with Crippen molar-refractivity contribution >= 4 is 63.5 Å². The quantitative estimate of drug-likeness (QED) is 0.117. The van der Waals surface area contributed by atoms with E-state index in [4.69, 9.17) is 9.84 Å². The molecule has 0 bridgehead atoms. The zero-order valence-corrected chi connectivity index (χ0v) is 25.6. The molecule has 5 rings (SSSR count). The fraction of sp³-hybridized carbons (Fsp3) is 0.182. The van der Waals surface area contributed by atoms with Crippen molar-refractivity contribution in [3.05, 3.63) is 111 Å². The summed E-state index contributed by atoms with van der Waals surface area (Å²) >= 11 is 2.62. The van der Waals surface area contributed by atoms with Gasteiger partial charge in [0, 0.05) is 15.5 Å². The van der Waals surface area contributed by atoms with E-state index in [1.54, 1.807) is 24.3 Å². The molecule has 230 valence electrons. The molecule has 1 aliphatic carbocycles. The normalized spacial score (nSPS) is 13.8. The average Bonchev–Trinajstić information content (AvgIpc) is 3.40. The maximum atomic E-state index is 13.0. The molecule has 1 aliphatic rings. The standard InChI is InChI=1S/C33H28N2O8S2/c1-43-33(42)28-24-13-10-19(18-6-3-2-4-7-18)15-26(24)45-30(28)35-27(36)17-44-22-9-5-8-21(16-22)34-29(37)23-12-11-20(31(38)39)14-25(23)32(40)41/h2-9,11-12,14,16,19H,10,13,15,17H2,1H3,(H,34,37)(H,35,36)(H,38,39)(H,40,41).